The smallest absolute Gasteiger partial charge is 0.132 e. The van der Waals surface area contributed by atoms with E-state index < -0.39 is 0 Å². The number of methoxy groups -OCH3 is 1. The summed E-state index contributed by atoms with van der Waals surface area (Å²) in [5.41, 5.74) is 7.27. The molecule has 2 N–H and O–H groups in total. The molecule has 2 aromatic rings. The van der Waals surface area contributed by atoms with Crippen LogP contribution in [0.25, 0.3) is 10.1 Å². The number of hydrogen-bond donors (Lipinski definition) is 1. The van der Waals surface area contributed by atoms with Crippen LogP contribution in [0.4, 0.5) is 0 Å². The van der Waals surface area contributed by atoms with E-state index in [0.29, 0.717) is 0 Å². The topological polar surface area (TPSA) is 35.2 Å². The molecule has 0 radical (unpaired) electrons. The number of benzene rings is 1. The van der Waals surface area contributed by atoms with Gasteiger partial charge in [0.25, 0.3) is 0 Å². The van der Waals surface area contributed by atoms with Crippen LogP contribution < -0.4 is 10.5 Å². The molecule has 1 aromatic carbocycles. The van der Waals surface area contributed by atoms with Crippen molar-refractivity contribution in [3.63, 3.8) is 0 Å². The van der Waals surface area contributed by atoms with Crippen molar-refractivity contribution in [3.8, 4) is 5.75 Å². The zero-order valence-corrected chi connectivity index (χ0v) is 9.43. The predicted molar refractivity (Wildman–Crippen MR) is 63.5 cm³/mol. The zero-order chi connectivity index (χ0) is 10.5. The van der Waals surface area contributed by atoms with Crippen molar-refractivity contribution in [1.82, 2.24) is 0 Å². The summed E-state index contributed by atoms with van der Waals surface area (Å²) in [5, 5.41) is 3.28. The fourth-order valence-corrected chi connectivity index (χ4v) is 2.82. The number of rotatable bonds is 2. The van der Waals surface area contributed by atoms with Gasteiger partial charge in [0.2, 0.25) is 0 Å². The molecule has 78 valence electrons. The van der Waals surface area contributed by atoms with E-state index in [9.17, 15) is 0 Å². The summed E-state index contributed by atoms with van der Waals surface area (Å²) in [4.78, 5) is 0. The van der Waals surface area contributed by atoms with Crippen molar-refractivity contribution in [2.45, 2.75) is 18.4 Å². The largest absolute Gasteiger partial charge is 0.496 e. The highest BCUT2D eigenvalue weighted by molar-refractivity contribution is 7.17. The summed E-state index contributed by atoms with van der Waals surface area (Å²) in [6.45, 7) is 0. The first-order valence-corrected chi connectivity index (χ1v) is 5.96. The van der Waals surface area contributed by atoms with Gasteiger partial charge in [-0.1, -0.05) is 6.07 Å². The van der Waals surface area contributed by atoms with Crippen molar-refractivity contribution >= 4 is 21.4 Å². The Hall–Kier alpha value is -1.06. The molecule has 1 aliphatic rings. The van der Waals surface area contributed by atoms with Crippen LogP contribution in [0.2, 0.25) is 0 Å². The third-order valence-corrected chi connectivity index (χ3v) is 4.00. The molecule has 0 spiro atoms. The molecule has 15 heavy (non-hydrogen) atoms. The van der Waals surface area contributed by atoms with Gasteiger partial charge >= 0.3 is 0 Å². The van der Waals surface area contributed by atoms with Crippen molar-refractivity contribution in [1.29, 1.82) is 0 Å². The first kappa shape index (κ1) is 9.19. The number of ether oxygens (including phenoxy) is 1. The average molecular weight is 219 g/mol. The molecule has 0 unspecified atom stereocenters. The Bertz CT molecular complexity index is 513. The maximum Gasteiger partial charge on any atom is 0.132 e. The summed E-state index contributed by atoms with van der Waals surface area (Å²) >= 11 is 1.74. The minimum absolute atomic E-state index is 0.124. The molecule has 1 saturated carbocycles. The molecule has 3 rings (SSSR count). The molecule has 3 heteroatoms. The lowest BCUT2D eigenvalue weighted by Gasteiger charge is -2.14. The molecular weight excluding hydrogens is 206 g/mol. The molecule has 2 nitrogen and oxygen atoms in total. The lowest BCUT2D eigenvalue weighted by atomic mass is 10.0. The second-order valence-electron chi connectivity index (χ2n) is 4.13. The molecular formula is C12H13NOS. The van der Waals surface area contributed by atoms with Gasteiger partial charge in [0.15, 0.2) is 0 Å². The van der Waals surface area contributed by atoms with E-state index in [2.05, 4.69) is 23.6 Å². The summed E-state index contributed by atoms with van der Waals surface area (Å²) in [5.74, 6) is 0.966. The van der Waals surface area contributed by atoms with Crippen LogP contribution in [0.5, 0.6) is 5.75 Å². The van der Waals surface area contributed by atoms with Gasteiger partial charge in [-0.3, -0.25) is 0 Å². The molecule has 0 atom stereocenters. The van der Waals surface area contributed by atoms with Gasteiger partial charge in [-0.25, -0.2) is 0 Å². The number of nitrogens with two attached hydrogens (primary N) is 1. The Morgan fingerprint density at radius 3 is 2.80 bits per heavy atom. The molecule has 1 aromatic heterocycles. The summed E-state index contributed by atoms with van der Waals surface area (Å²) in [6.07, 6.45) is 2.14. The monoisotopic (exact) mass is 219 g/mol. The van der Waals surface area contributed by atoms with E-state index in [1.165, 1.54) is 10.1 Å². The lowest BCUT2D eigenvalue weighted by molar-refractivity contribution is 0.409. The second kappa shape index (κ2) is 2.97. The van der Waals surface area contributed by atoms with Crippen LogP contribution in [0.3, 0.4) is 0 Å². The Labute approximate surface area is 92.7 Å². The Kier molecular flexibility index (Phi) is 1.82. The Morgan fingerprint density at radius 2 is 2.13 bits per heavy atom. The van der Waals surface area contributed by atoms with E-state index in [1.54, 1.807) is 18.4 Å². The van der Waals surface area contributed by atoms with Gasteiger partial charge in [-0.15, -0.1) is 11.3 Å². The van der Waals surface area contributed by atoms with Crippen LogP contribution in [-0.4, -0.2) is 7.11 Å². The average Bonchev–Trinajstić information content (AvgIpc) is 2.82. The van der Waals surface area contributed by atoms with Gasteiger partial charge < -0.3 is 10.5 Å². The van der Waals surface area contributed by atoms with Crippen LogP contribution >= 0.6 is 11.3 Å². The van der Waals surface area contributed by atoms with Crippen molar-refractivity contribution in [2.24, 2.45) is 5.73 Å². The predicted octanol–water partition coefficient (Wildman–Crippen LogP) is 2.86. The molecule has 1 heterocycles. The molecule has 0 aliphatic heterocycles. The van der Waals surface area contributed by atoms with E-state index in [0.717, 1.165) is 24.2 Å². The fraction of sp³-hybridized carbons (Fsp3) is 0.333. The minimum Gasteiger partial charge on any atom is -0.496 e. The van der Waals surface area contributed by atoms with Gasteiger partial charge in [0, 0.05) is 21.2 Å². The van der Waals surface area contributed by atoms with Gasteiger partial charge in [-0.2, -0.15) is 0 Å². The van der Waals surface area contributed by atoms with Crippen LogP contribution in [0.15, 0.2) is 23.6 Å². The van der Waals surface area contributed by atoms with E-state index in [4.69, 9.17) is 10.5 Å². The quantitative estimate of drug-likeness (QED) is 0.843. The number of thiophene rings is 1. The molecule has 1 fully saturated rings. The van der Waals surface area contributed by atoms with E-state index in [1.807, 2.05) is 0 Å². The SMILES string of the molecule is COc1c(C2(N)CC2)ccc2sccc12. The number of hydrogen-bond acceptors (Lipinski definition) is 3. The first-order chi connectivity index (χ1) is 7.24. The summed E-state index contributed by atoms with van der Waals surface area (Å²) < 4.78 is 6.77. The molecule has 0 bridgehead atoms. The fourth-order valence-electron chi connectivity index (χ4n) is 2.03. The molecule has 1 aliphatic carbocycles. The van der Waals surface area contributed by atoms with Crippen molar-refractivity contribution in [2.75, 3.05) is 7.11 Å². The second-order valence-corrected chi connectivity index (χ2v) is 5.08. The standard InChI is InChI=1S/C12H13NOS/c1-14-11-8-4-7-15-10(8)3-2-9(11)12(13)5-6-12/h2-4,7H,5-6,13H2,1H3. The van der Waals surface area contributed by atoms with Gasteiger partial charge in [-0.05, 0) is 30.4 Å². The summed E-state index contributed by atoms with van der Waals surface area (Å²) in [6, 6.07) is 6.36. The third kappa shape index (κ3) is 1.27. The van der Waals surface area contributed by atoms with Gasteiger partial charge in [0.1, 0.15) is 5.75 Å². The van der Waals surface area contributed by atoms with Crippen molar-refractivity contribution in [3.05, 3.63) is 29.1 Å². The first-order valence-electron chi connectivity index (χ1n) is 5.08. The highest BCUT2D eigenvalue weighted by atomic mass is 32.1. The van der Waals surface area contributed by atoms with E-state index in [-0.39, 0.29) is 5.54 Å². The van der Waals surface area contributed by atoms with Crippen LogP contribution in [-0.2, 0) is 5.54 Å². The van der Waals surface area contributed by atoms with Crippen molar-refractivity contribution < 1.29 is 4.74 Å². The van der Waals surface area contributed by atoms with Crippen LogP contribution in [0, 0.1) is 0 Å². The summed E-state index contributed by atoms with van der Waals surface area (Å²) in [7, 11) is 1.72. The van der Waals surface area contributed by atoms with Crippen LogP contribution in [0.1, 0.15) is 18.4 Å². The lowest BCUT2D eigenvalue weighted by Crippen LogP contribution is -2.19. The Morgan fingerprint density at radius 1 is 1.33 bits per heavy atom. The molecule has 0 saturated heterocycles. The molecule has 0 amide bonds. The maximum atomic E-state index is 6.23. The number of fused-ring (bicyclic) bond motifs is 1. The minimum atomic E-state index is -0.124. The normalized spacial score (nSPS) is 18.0. The van der Waals surface area contributed by atoms with E-state index >= 15 is 0 Å². The van der Waals surface area contributed by atoms with Gasteiger partial charge in [0.05, 0.1) is 7.11 Å². The Balaban J connectivity index is 2.29. The highest BCUT2D eigenvalue weighted by Crippen LogP contribution is 2.48. The maximum absolute atomic E-state index is 6.23. The zero-order valence-electron chi connectivity index (χ0n) is 8.62. The third-order valence-electron chi connectivity index (χ3n) is 3.12. The highest BCUT2D eigenvalue weighted by Gasteiger charge is 2.42.